The Kier molecular flexibility index (Phi) is 7.89. The molecule has 2 aliphatic carbocycles. The molecule has 0 saturated heterocycles. The maximum atomic E-state index is 2.50. The van der Waals surface area contributed by atoms with Crippen molar-refractivity contribution in [1.82, 2.24) is 0 Å². The molecule has 0 amide bonds. The van der Waals surface area contributed by atoms with E-state index in [1.165, 1.54) is 72.7 Å². The molecule has 0 unspecified atom stereocenters. The van der Waals surface area contributed by atoms with Crippen molar-refractivity contribution in [3.63, 3.8) is 0 Å². The second-order valence-electron chi connectivity index (χ2n) is 15.2. The Morgan fingerprint density at radius 2 is 1.00 bits per heavy atom. The molecule has 0 radical (unpaired) electrons. The molecule has 2 nitrogen and oxygen atoms in total. The Bertz CT molecular complexity index is 2800. The average Bonchev–Trinajstić information content (AvgIpc) is 3.58. The predicted octanol–water partition coefficient (Wildman–Crippen LogP) is 14.4. The number of anilines is 5. The molecule has 8 aromatic rings. The zero-order valence-corrected chi connectivity index (χ0v) is 31.6. The van der Waals surface area contributed by atoms with E-state index in [4.69, 9.17) is 0 Å². The predicted molar refractivity (Wildman–Crippen MR) is 238 cm³/mol. The van der Waals surface area contributed by atoms with Gasteiger partial charge in [0.15, 0.2) is 0 Å². The van der Waals surface area contributed by atoms with E-state index >= 15 is 0 Å². The highest BCUT2D eigenvalue weighted by atomic mass is 15.2. The number of benzene rings is 8. The summed E-state index contributed by atoms with van der Waals surface area (Å²) in [5, 5.41) is 0. The Balaban J connectivity index is 1.17. The largest absolute Gasteiger partial charge is 0.310 e. The number of rotatable bonds is 6. The van der Waals surface area contributed by atoms with Crippen LogP contribution in [-0.4, -0.2) is 0 Å². The van der Waals surface area contributed by atoms with Crippen LogP contribution in [0.25, 0.3) is 27.8 Å². The summed E-state index contributed by atoms with van der Waals surface area (Å²) in [6.45, 7) is 0. The van der Waals surface area contributed by atoms with Gasteiger partial charge in [0.2, 0.25) is 0 Å². The molecule has 57 heavy (non-hydrogen) atoms. The van der Waals surface area contributed by atoms with Crippen LogP contribution in [0, 0.1) is 0 Å². The topological polar surface area (TPSA) is 6.48 Å². The lowest BCUT2D eigenvalue weighted by Crippen LogP contribution is -2.36. The number of fused-ring (bicyclic) bond motifs is 9. The minimum Gasteiger partial charge on any atom is -0.310 e. The minimum atomic E-state index is -0.535. The van der Waals surface area contributed by atoms with Gasteiger partial charge in [0.25, 0.3) is 0 Å². The first kappa shape index (κ1) is 33.2. The average molecular weight is 729 g/mol. The Morgan fingerprint density at radius 1 is 0.421 bits per heavy atom. The Morgan fingerprint density at radius 3 is 1.74 bits per heavy atom. The zero-order chi connectivity index (χ0) is 37.8. The van der Waals surface area contributed by atoms with Crippen LogP contribution in [0.2, 0.25) is 0 Å². The minimum absolute atomic E-state index is 0.535. The molecule has 0 N–H and O–H groups in total. The first-order chi connectivity index (χ1) is 28.3. The Labute approximate surface area is 335 Å². The second-order valence-corrected chi connectivity index (χ2v) is 15.2. The summed E-state index contributed by atoms with van der Waals surface area (Å²) in [5.41, 5.74) is 19.4. The van der Waals surface area contributed by atoms with Crippen LogP contribution in [-0.2, 0) is 5.41 Å². The van der Waals surface area contributed by atoms with E-state index in [1.807, 2.05) is 0 Å². The molecule has 1 spiro atoms. The van der Waals surface area contributed by atoms with E-state index < -0.39 is 5.41 Å². The highest BCUT2D eigenvalue weighted by Gasteiger charge is 2.51. The molecule has 0 bridgehead atoms. The van der Waals surface area contributed by atoms with Gasteiger partial charge in [-0.05, 0) is 129 Å². The van der Waals surface area contributed by atoms with Crippen LogP contribution in [0.3, 0.4) is 0 Å². The molecule has 0 saturated carbocycles. The summed E-state index contributed by atoms with van der Waals surface area (Å²) in [7, 11) is 0. The molecule has 0 aromatic heterocycles. The number of hydrogen-bond donors (Lipinski definition) is 0. The first-order valence-electron chi connectivity index (χ1n) is 20.0. The molecule has 0 atom stereocenters. The molecule has 0 fully saturated rings. The summed E-state index contributed by atoms with van der Waals surface area (Å²) in [6, 6.07) is 75.9. The van der Waals surface area contributed by atoms with E-state index in [1.54, 1.807) is 0 Å². The van der Waals surface area contributed by atoms with Gasteiger partial charge >= 0.3 is 0 Å². The lowest BCUT2D eigenvalue weighted by atomic mass is 9.64. The highest BCUT2D eigenvalue weighted by molar-refractivity contribution is 5.97. The lowest BCUT2D eigenvalue weighted by Gasteiger charge is -2.45. The number of para-hydroxylation sites is 4. The quantitative estimate of drug-likeness (QED) is 0.168. The second kappa shape index (κ2) is 13.5. The van der Waals surface area contributed by atoms with Crippen molar-refractivity contribution < 1.29 is 0 Å². The first-order valence-corrected chi connectivity index (χ1v) is 20.0. The molecular weight excluding hydrogens is 689 g/mol. The van der Waals surface area contributed by atoms with Crippen molar-refractivity contribution in [2.75, 3.05) is 9.80 Å². The third-order valence-corrected chi connectivity index (χ3v) is 12.1. The van der Waals surface area contributed by atoms with Crippen LogP contribution < -0.4 is 9.80 Å². The fourth-order valence-corrected chi connectivity index (χ4v) is 9.76. The molecular formula is C55H40N2. The van der Waals surface area contributed by atoms with Crippen molar-refractivity contribution in [3.8, 4) is 22.3 Å². The summed E-state index contributed by atoms with van der Waals surface area (Å²) in [4.78, 5) is 4.94. The van der Waals surface area contributed by atoms with Crippen LogP contribution in [0.4, 0.5) is 28.4 Å². The molecule has 3 aliphatic rings. The van der Waals surface area contributed by atoms with Crippen molar-refractivity contribution in [2.45, 2.75) is 18.3 Å². The fourth-order valence-electron chi connectivity index (χ4n) is 9.76. The van der Waals surface area contributed by atoms with Crippen molar-refractivity contribution in [3.05, 3.63) is 252 Å². The third kappa shape index (κ3) is 5.18. The number of allylic oxidation sites excluding steroid dienone is 3. The SMILES string of the molecule is C1=CC(N(c2ccccc2)c2ccc3c(c2)C2(c4ccccc4-3)c3ccccc3N(c3ccccc3)c3ccccc32)=C(c2cccc(-c3ccccc3)c2)CC1. The van der Waals surface area contributed by atoms with E-state index in [9.17, 15) is 0 Å². The number of nitrogens with zero attached hydrogens (tertiary/aromatic N) is 2. The maximum Gasteiger partial charge on any atom is 0.0755 e. The van der Waals surface area contributed by atoms with Gasteiger partial charge in [-0.25, -0.2) is 0 Å². The smallest absolute Gasteiger partial charge is 0.0755 e. The van der Waals surface area contributed by atoms with E-state index in [-0.39, 0.29) is 0 Å². The van der Waals surface area contributed by atoms with Gasteiger partial charge in [0.05, 0.1) is 16.8 Å². The van der Waals surface area contributed by atoms with Crippen LogP contribution in [0.15, 0.2) is 224 Å². The van der Waals surface area contributed by atoms with Crippen LogP contribution >= 0.6 is 0 Å². The molecule has 1 aliphatic heterocycles. The highest BCUT2D eigenvalue weighted by Crippen LogP contribution is 2.64. The maximum absolute atomic E-state index is 2.50. The van der Waals surface area contributed by atoms with E-state index in [2.05, 4.69) is 228 Å². The molecule has 2 heteroatoms. The molecule has 8 aromatic carbocycles. The standard InChI is InChI=1S/C55H40N2/c1-4-19-39(20-5-1)40-21-18-22-41(37-40)45-27-11-15-32-52(45)56(42-23-6-2-7-24-42)44-35-36-47-46-28-10-12-29-48(46)55(51(47)38-44)49-30-13-16-33-53(49)57(43-25-8-3-9-26-43)54-34-17-14-31-50(54)55/h1-10,12-26,28-38H,11,27H2. The molecule has 270 valence electrons. The van der Waals surface area contributed by atoms with Crippen molar-refractivity contribution in [2.24, 2.45) is 0 Å². The summed E-state index contributed by atoms with van der Waals surface area (Å²) >= 11 is 0. The van der Waals surface area contributed by atoms with Crippen molar-refractivity contribution in [1.29, 1.82) is 0 Å². The van der Waals surface area contributed by atoms with Gasteiger partial charge in [-0.15, -0.1) is 0 Å². The summed E-state index contributed by atoms with van der Waals surface area (Å²) in [5.74, 6) is 0. The fraction of sp³-hybridized carbons (Fsp3) is 0.0545. The van der Waals surface area contributed by atoms with Gasteiger partial charge in [0.1, 0.15) is 0 Å². The van der Waals surface area contributed by atoms with Crippen molar-refractivity contribution >= 4 is 34.0 Å². The molecule has 11 rings (SSSR count). The van der Waals surface area contributed by atoms with Gasteiger partial charge in [-0.3, -0.25) is 0 Å². The van der Waals surface area contributed by atoms with Gasteiger partial charge in [-0.1, -0.05) is 158 Å². The third-order valence-electron chi connectivity index (χ3n) is 12.1. The van der Waals surface area contributed by atoms with Gasteiger partial charge in [-0.2, -0.15) is 0 Å². The number of hydrogen-bond acceptors (Lipinski definition) is 2. The summed E-state index contributed by atoms with van der Waals surface area (Å²) in [6.07, 6.45) is 6.66. The zero-order valence-electron chi connectivity index (χ0n) is 31.6. The Hall–Kier alpha value is -7.16. The lowest BCUT2D eigenvalue weighted by molar-refractivity contribution is 0.752. The normalized spacial score (nSPS) is 14.5. The van der Waals surface area contributed by atoms with Crippen LogP contribution in [0.1, 0.15) is 40.7 Å². The van der Waals surface area contributed by atoms with Gasteiger partial charge in [0, 0.05) is 22.8 Å². The van der Waals surface area contributed by atoms with Gasteiger partial charge < -0.3 is 9.80 Å². The summed E-state index contributed by atoms with van der Waals surface area (Å²) < 4.78 is 0. The monoisotopic (exact) mass is 728 g/mol. The molecule has 1 heterocycles. The van der Waals surface area contributed by atoms with E-state index in [0.717, 1.165) is 29.9 Å². The van der Waals surface area contributed by atoms with Crippen LogP contribution in [0.5, 0.6) is 0 Å². The van der Waals surface area contributed by atoms with E-state index in [0.29, 0.717) is 0 Å².